The number of aryl methyl sites for hydroxylation is 2. The van der Waals surface area contributed by atoms with Crippen LogP contribution in [0.15, 0.2) is 24.9 Å². The maximum absolute atomic E-state index is 12.7. The second-order valence-corrected chi connectivity index (χ2v) is 8.40. The lowest BCUT2D eigenvalue weighted by molar-refractivity contribution is 0.104. The summed E-state index contributed by atoms with van der Waals surface area (Å²) in [4.78, 5) is 13.4. The third-order valence-corrected chi connectivity index (χ3v) is 7.45. The van der Waals surface area contributed by atoms with Crippen LogP contribution in [0.4, 0.5) is 0 Å². The van der Waals surface area contributed by atoms with E-state index in [0.717, 1.165) is 39.9 Å². The average molecular weight is 467 g/mol. The molecule has 1 aromatic carbocycles. The summed E-state index contributed by atoms with van der Waals surface area (Å²) in [5, 5.41) is 0. The van der Waals surface area contributed by atoms with E-state index < -0.39 is 0 Å². The number of rotatable bonds is 2. The Hall–Kier alpha value is 0.0300. The summed E-state index contributed by atoms with van der Waals surface area (Å²) in [5.41, 5.74) is 3.96. The fourth-order valence-corrected chi connectivity index (χ4v) is 4.39. The lowest BCUT2D eigenvalue weighted by Gasteiger charge is -2.12. The highest BCUT2D eigenvalue weighted by molar-refractivity contribution is 9.13. The zero-order valence-corrected chi connectivity index (χ0v) is 16.2. The van der Waals surface area contributed by atoms with Crippen LogP contribution in [0.3, 0.4) is 0 Å². The van der Waals surface area contributed by atoms with Gasteiger partial charge in [0.15, 0.2) is 0 Å². The molecule has 0 amide bonds. The first kappa shape index (κ1) is 15.4. The van der Waals surface area contributed by atoms with Gasteiger partial charge in [0, 0.05) is 14.5 Å². The molecule has 5 heteroatoms. The monoisotopic (exact) mass is 464 g/mol. The van der Waals surface area contributed by atoms with Gasteiger partial charge < -0.3 is 0 Å². The number of ketones is 1. The highest BCUT2D eigenvalue weighted by Crippen LogP contribution is 2.35. The molecule has 1 nitrogen and oxygen atoms in total. The van der Waals surface area contributed by atoms with E-state index in [1.54, 1.807) is 0 Å². The van der Waals surface area contributed by atoms with Crippen LogP contribution in [-0.2, 0) is 0 Å². The Kier molecular flexibility index (Phi) is 4.71. The highest BCUT2D eigenvalue weighted by atomic mass is 79.9. The molecule has 0 aliphatic rings. The molecule has 0 fully saturated rings. The molecule has 1 heterocycles. The minimum atomic E-state index is 0.0760. The lowest BCUT2D eigenvalue weighted by atomic mass is 9.96. The van der Waals surface area contributed by atoms with Gasteiger partial charge in [-0.2, -0.15) is 0 Å². The second kappa shape index (κ2) is 5.80. The van der Waals surface area contributed by atoms with Crippen LogP contribution in [0.25, 0.3) is 0 Å². The van der Waals surface area contributed by atoms with Crippen molar-refractivity contribution in [3.8, 4) is 0 Å². The summed E-state index contributed by atoms with van der Waals surface area (Å²) in [6.07, 6.45) is 0. The third kappa shape index (κ3) is 2.89. The van der Waals surface area contributed by atoms with Gasteiger partial charge in [-0.3, -0.25) is 4.79 Å². The summed E-state index contributed by atoms with van der Waals surface area (Å²) >= 11 is 11.9. The van der Waals surface area contributed by atoms with Gasteiger partial charge in [-0.1, -0.05) is 22.0 Å². The highest BCUT2D eigenvalue weighted by Gasteiger charge is 2.20. The Labute approximate surface area is 141 Å². The summed E-state index contributed by atoms with van der Waals surface area (Å²) < 4.78 is 2.87. The first-order valence-electron chi connectivity index (χ1n) is 5.58. The second-order valence-electron chi connectivity index (χ2n) is 4.39. The minimum Gasteiger partial charge on any atom is -0.288 e. The van der Waals surface area contributed by atoms with Crippen LogP contribution in [0.2, 0.25) is 0 Å². The topological polar surface area (TPSA) is 17.1 Å². The molecule has 0 radical (unpaired) electrons. The molecule has 100 valence electrons. The van der Waals surface area contributed by atoms with Gasteiger partial charge in [-0.15, -0.1) is 11.3 Å². The predicted octanol–water partition coefficient (Wildman–Crippen LogP) is 6.19. The van der Waals surface area contributed by atoms with Crippen LogP contribution in [-0.4, -0.2) is 5.78 Å². The zero-order valence-electron chi connectivity index (χ0n) is 10.6. The summed E-state index contributed by atoms with van der Waals surface area (Å²) in [5.74, 6) is 0.0760. The Morgan fingerprint density at radius 3 is 2.21 bits per heavy atom. The molecule has 0 saturated carbocycles. The molecular formula is C14H11Br3OS. The van der Waals surface area contributed by atoms with E-state index in [9.17, 15) is 4.79 Å². The van der Waals surface area contributed by atoms with E-state index in [1.807, 2.05) is 32.9 Å². The van der Waals surface area contributed by atoms with Gasteiger partial charge in [0.25, 0.3) is 0 Å². The third-order valence-electron chi connectivity index (χ3n) is 2.97. The minimum absolute atomic E-state index is 0.0760. The standard InChI is InChI=1S/C14H11Br3OS/c1-6-4-7(2)12(16)8(3)11(6)13(18)10-5-9(15)14(17)19-10/h4-5H,1-3H3. The van der Waals surface area contributed by atoms with Crippen molar-refractivity contribution in [2.24, 2.45) is 0 Å². The molecule has 0 saturated heterocycles. The van der Waals surface area contributed by atoms with E-state index >= 15 is 0 Å². The summed E-state index contributed by atoms with van der Waals surface area (Å²) in [6.45, 7) is 6.00. The van der Waals surface area contributed by atoms with E-state index in [4.69, 9.17) is 0 Å². The normalized spacial score (nSPS) is 10.8. The fourth-order valence-electron chi connectivity index (χ4n) is 2.09. The number of carbonyl (C=O) groups excluding carboxylic acids is 1. The smallest absolute Gasteiger partial charge is 0.203 e. The number of carbonyl (C=O) groups is 1. The first-order chi connectivity index (χ1) is 8.82. The van der Waals surface area contributed by atoms with Gasteiger partial charge in [-0.25, -0.2) is 0 Å². The van der Waals surface area contributed by atoms with Crippen LogP contribution in [0.5, 0.6) is 0 Å². The molecule has 0 unspecified atom stereocenters. The molecule has 2 aromatic rings. The van der Waals surface area contributed by atoms with Gasteiger partial charge >= 0.3 is 0 Å². The van der Waals surface area contributed by atoms with Crippen molar-refractivity contribution in [2.45, 2.75) is 20.8 Å². The molecule has 0 spiro atoms. The Bertz CT molecular complexity index is 654. The van der Waals surface area contributed by atoms with Gasteiger partial charge in [0.05, 0.1) is 8.66 Å². The molecule has 19 heavy (non-hydrogen) atoms. The number of thiophene rings is 1. The Morgan fingerprint density at radius 1 is 1.05 bits per heavy atom. The molecule has 0 N–H and O–H groups in total. The van der Waals surface area contributed by atoms with Crippen molar-refractivity contribution < 1.29 is 4.79 Å². The zero-order chi connectivity index (χ0) is 14.3. The molecule has 0 aliphatic carbocycles. The van der Waals surface area contributed by atoms with E-state index in [0.29, 0.717) is 0 Å². The lowest BCUT2D eigenvalue weighted by Crippen LogP contribution is -2.06. The van der Waals surface area contributed by atoms with Crippen LogP contribution in [0.1, 0.15) is 31.9 Å². The fraction of sp³-hybridized carbons (Fsp3) is 0.214. The van der Waals surface area contributed by atoms with Crippen LogP contribution >= 0.6 is 59.1 Å². The average Bonchev–Trinajstić information content (AvgIpc) is 2.67. The van der Waals surface area contributed by atoms with Crippen LogP contribution < -0.4 is 0 Å². The van der Waals surface area contributed by atoms with Crippen molar-refractivity contribution >= 4 is 64.9 Å². The van der Waals surface area contributed by atoms with Crippen molar-refractivity contribution in [2.75, 3.05) is 0 Å². The van der Waals surface area contributed by atoms with E-state index in [1.165, 1.54) is 11.3 Å². The Balaban J connectivity index is 2.59. The maximum atomic E-state index is 12.7. The largest absolute Gasteiger partial charge is 0.288 e. The van der Waals surface area contributed by atoms with Crippen molar-refractivity contribution in [1.82, 2.24) is 0 Å². The molecule has 0 atom stereocenters. The summed E-state index contributed by atoms with van der Waals surface area (Å²) in [6, 6.07) is 3.91. The van der Waals surface area contributed by atoms with E-state index in [2.05, 4.69) is 47.8 Å². The SMILES string of the molecule is Cc1cc(C)c(C(=O)c2cc(Br)c(Br)s2)c(C)c1Br. The van der Waals surface area contributed by atoms with Crippen LogP contribution in [0, 0.1) is 20.8 Å². The molecule has 2 rings (SSSR count). The molecular weight excluding hydrogens is 456 g/mol. The number of benzene rings is 1. The molecule has 1 aromatic heterocycles. The Morgan fingerprint density at radius 2 is 1.68 bits per heavy atom. The first-order valence-corrected chi connectivity index (χ1v) is 8.78. The van der Waals surface area contributed by atoms with E-state index in [-0.39, 0.29) is 5.78 Å². The molecule has 0 bridgehead atoms. The van der Waals surface area contributed by atoms with Gasteiger partial charge in [0.2, 0.25) is 5.78 Å². The van der Waals surface area contributed by atoms with Gasteiger partial charge in [0.1, 0.15) is 0 Å². The number of hydrogen-bond acceptors (Lipinski definition) is 2. The summed E-state index contributed by atoms with van der Waals surface area (Å²) in [7, 11) is 0. The van der Waals surface area contributed by atoms with Crippen molar-refractivity contribution in [1.29, 1.82) is 0 Å². The number of halogens is 3. The van der Waals surface area contributed by atoms with Gasteiger partial charge in [-0.05, 0) is 75.4 Å². The molecule has 0 aliphatic heterocycles. The number of hydrogen-bond donors (Lipinski definition) is 0. The maximum Gasteiger partial charge on any atom is 0.203 e. The quantitative estimate of drug-likeness (QED) is 0.482. The van der Waals surface area contributed by atoms with Crippen molar-refractivity contribution in [3.05, 3.63) is 52.0 Å². The predicted molar refractivity (Wildman–Crippen MR) is 91.5 cm³/mol. The van der Waals surface area contributed by atoms with Crippen molar-refractivity contribution in [3.63, 3.8) is 0 Å².